The molecule has 32 heavy (non-hydrogen) atoms. The second-order valence-electron chi connectivity index (χ2n) is 7.55. The van der Waals surface area contributed by atoms with Crippen molar-refractivity contribution in [1.29, 1.82) is 0 Å². The number of rotatable bonds is 6. The monoisotopic (exact) mass is 464 g/mol. The maximum Gasteiger partial charge on any atom is 0.416 e. The minimum absolute atomic E-state index is 0.00655. The van der Waals surface area contributed by atoms with E-state index >= 15 is 0 Å². The largest absolute Gasteiger partial charge is 0.479 e. The quantitative estimate of drug-likeness (QED) is 0.520. The fourth-order valence-electron chi connectivity index (χ4n) is 2.92. The van der Waals surface area contributed by atoms with E-state index < -0.39 is 17.8 Å². The molecule has 0 radical (unpaired) electrons. The van der Waals surface area contributed by atoms with Crippen LogP contribution in [0.25, 0.3) is 22.8 Å². The normalized spacial score (nSPS) is 11.6. The zero-order valence-electron chi connectivity index (χ0n) is 17.2. The summed E-state index contributed by atoms with van der Waals surface area (Å²) in [6.45, 7) is 4.15. The first-order chi connectivity index (χ1) is 15.0. The number of carbonyl (C=O) groups is 1. The summed E-state index contributed by atoms with van der Waals surface area (Å²) < 4.78 is 38.4. The van der Waals surface area contributed by atoms with Gasteiger partial charge < -0.3 is 10.4 Å². The number of hydrogen-bond acceptors (Lipinski definition) is 5. The van der Waals surface area contributed by atoms with Crippen molar-refractivity contribution in [1.82, 2.24) is 20.3 Å². The number of nitrogens with zero attached hydrogens (tertiary/aromatic N) is 3. The van der Waals surface area contributed by atoms with Crippen LogP contribution >= 0.6 is 11.6 Å². The molecule has 0 bridgehead atoms. The van der Waals surface area contributed by atoms with Crippen LogP contribution in [-0.4, -0.2) is 26.0 Å². The molecular weight excluding hydrogens is 445 g/mol. The molecule has 3 aromatic rings. The summed E-state index contributed by atoms with van der Waals surface area (Å²) in [4.78, 5) is 23.9. The zero-order chi connectivity index (χ0) is 23.5. The van der Waals surface area contributed by atoms with Crippen molar-refractivity contribution < 1.29 is 23.1 Å². The highest BCUT2D eigenvalue weighted by Crippen LogP contribution is 2.32. The molecule has 6 nitrogen and oxygen atoms in total. The molecule has 0 saturated carbocycles. The molecule has 0 aliphatic carbocycles. The molecule has 0 atom stereocenters. The van der Waals surface area contributed by atoms with Crippen molar-refractivity contribution in [2.45, 2.75) is 33.0 Å². The molecule has 1 heterocycles. The van der Waals surface area contributed by atoms with Crippen molar-refractivity contribution in [2.24, 2.45) is 5.92 Å². The Balaban J connectivity index is 1.90. The average molecular weight is 465 g/mol. The molecule has 0 aliphatic heterocycles. The second-order valence-corrected chi connectivity index (χ2v) is 7.95. The standard InChI is InChI=1S/C22H20ClF3N4O2/c1-12(2)9-18(31)27-11-13-3-8-17(23)16(10-13)20-28-19(29-21(32)30-20)14-4-6-15(7-5-14)22(24,25)26/h3-8,10,12H,9,11H2,1-2H3,(H,27,31)(H,28,29,30,32). The topological polar surface area (TPSA) is 88.0 Å². The minimum Gasteiger partial charge on any atom is -0.479 e. The van der Waals surface area contributed by atoms with Crippen molar-refractivity contribution >= 4 is 17.5 Å². The molecule has 1 aromatic heterocycles. The highest BCUT2D eigenvalue weighted by Gasteiger charge is 2.30. The van der Waals surface area contributed by atoms with E-state index in [4.69, 9.17) is 11.6 Å². The summed E-state index contributed by atoms with van der Waals surface area (Å²) in [5.74, 6) is 0.187. The lowest BCUT2D eigenvalue weighted by Gasteiger charge is -2.11. The molecule has 0 saturated heterocycles. The molecule has 168 valence electrons. The molecule has 0 fully saturated rings. The lowest BCUT2D eigenvalue weighted by molar-refractivity contribution is -0.137. The smallest absolute Gasteiger partial charge is 0.416 e. The summed E-state index contributed by atoms with van der Waals surface area (Å²) in [5, 5.41) is 13.1. The third-order valence-corrected chi connectivity index (χ3v) is 4.78. The van der Waals surface area contributed by atoms with E-state index in [2.05, 4.69) is 20.3 Å². The van der Waals surface area contributed by atoms with Gasteiger partial charge in [-0.3, -0.25) is 4.79 Å². The Bertz CT molecular complexity index is 1120. The highest BCUT2D eigenvalue weighted by atomic mass is 35.5. The van der Waals surface area contributed by atoms with Crippen LogP contribution in [0.5, 0.6) is 6.01 Å². The number of benzene rings is 2. The first-order valence-corrected chi connectivity index (χ1v) is 10.1. The molecule has 0 spiro atoms. The van der Waals surface area contributed by atoms with Gasteiger partial charge in [-0.05, 0) is 35.7 Å². The van der Waals surface area contributed by atoms with Gasteiger partial charge >= 0.3 is 12.2 Å². The molecule has 2 aromatic carbocycles. The number of carbonyl (C=O) groups excluding carboxylic acids is 1. The van der Waals surface area contributed by atoms with Gasteiger partial charge in [0.1, 0.15) is 0 Å². The molecule has 0 aliphatic rings. The Morgan fingerprint density at radius 1 is 1.06 bits per heavy atom. The van der Waals surface area contributed by atoms with Gasteiger partial charge in [-0.15, -0.1) is 0 Å². The lowest BCUT2D eigenvalue weighted by Crippen LogP contribution is -2.23. The zero-order valence-corrected chi connectivity index (χ0v) is 18.0. The number of aromatic hydroxyl groups is 1. The predicted octanol–water partition coefficient (Wildman–Crippen LogP) is 5.25. The van der Waals surface area contributed by atoms with Crippen LogP contribution in [0.15, 0.2) is 42.5 Å². The number of hydrogen-bond donors (Lipinski definition) is 2. The molecule has 0 unspecified atom stereocenters. The Hall–Kier alpha value is -3.20. The van der Waals surface area contributed by atoms with Crippen molar-refractivity contribution in [2.75, 3.05) is 0 Å². The van der Waals surface area contributed by atoms with Crippen molar-refractivity contribution in [3.05, 3.63) is 58.6 Å². The van der Waals surface area contributed by atoms with Gasteiger partial charge in [0, 0.05) is 24.1 Å². The van der Waals surface area contributed by atoms with Crippen LogP contribution in [0.4, 0.5) is 13.2 Å². The van der Waals surface area contributed by atoms with Crippen LogP contribution in [0.3, 0.4) is 0 Å². The number of alkyl halides is 3. The van der Waals surface area contributed by atoms with Crippen molar-refractivity contribution in [3.8, 4) is 28.8 Å². The molecule has 1 amide bonds. The van der Waals surface area contributed by atoms with Gasteiger partial charge in [-0.1, -0.05) is 43.6 Å². The van der Waals surface area contributed by atoms with Gasteiger partial charge in [0.25, 0.3) is 0 Å². The van der Waals surface area contributed by atoms with Crippen LogP contribution in [0.1, 0.15) is 31.4 Å². The third kappa shape index (κ3) is 5.94. The van der Waals surface area contributed by atoms with Crippen molar-refractivity contribution in [3.63, 3.8) is 0 Å². The maximum atomic E-state index is 12.8. The summed E-state index contributed by atoms with van der Waals surface area (Å²) in [6, 6.07) is 8.65. The van der Waals surface area contributed by atoms with Crippen LogP contribution in [0, 0.1) is 5.92 Å². The van der Waals surface area contributed by atoms with Gasteiger partial charge in [-0.2, -0.15) is 23.1 Å². The van der Waals surface area contributed by atoms with Crippen LogP contribution in [-0.2, 0) is 17.5 Å². The van der Waals surface area contributed by atoms with Gasteiger partial charge in [0.2, 0.25) is 5.91 Å². The number of nitrogens with one attached hydrogen (secondary N) is 1. The Kier molecular flexibility index (Phi) is 6.98. The summed E-state index contributed by atoms with van der Waals surface area (Å²) >= 11 is 6.29. The molecule has 10 heteroatoms. The summed E-state index contributed by atoms with van der Waals surface area (Å²) in [6.07, 6.45) is -4.07. The van der Waals surface area contributed by atoms with E-state index in [1.807, 2.05) is 13.8 Å². The molecule has 2 N–H and O–H groups in total. The van der Waals surface area contributed by atoms with Gasteiger partial charge in [-0.25, -0.2) is 4.98 Å². The first kappa shape index (κ1) is 23.5. The van der Waals surface area contributed by atoms with Crippen LogP contribution in [0.2, 0.25) is 5.02 Å². The fraction of sp³-hybridized carbons (Fsp3) is 0.273. The van der Waals surface area contributed by atoms with E-state index in [9.17, 15) is 23.1 Å². The Labute approximate surface area is 187 Å². The first-order valence-electron chi connectivity index (χ1n) is 9.71. The lowest BCUT2D eigenvalue weighted by atomic mass is 10.1. The second kappa shape index (κ2) is 9.52. The van der Waals surface area contributed by atoms with Gasteiger partial charge in [0.15, 0.2) is 11.6 Å². The number of halogens is 4. The van der Waals surface area contributed by atoms with E-state index in [0.717, 1.165) is 17.7 Å². The van der Waals surface area contributed by atoms with E-state index in [1.165, 1.54) is 12.1 Å². The molecule has 3 rings (SSSR count). The minimum atomic E-state index is -4.47. The number of amides is 1. The Morgan fingerprint density at radius 3 is 2.34 bits per heavy atom. The highest BCUT2D eigenvalue weighted by molar-refractivity contribution is 6.33. The fourth-order valence-corrected chi connectivity index (χ4v) is 3.12. The van der Waals surface area contributed by atoms with E-state index in [-0.39, 0.29) is 35.6 Å². The average Bonchev–Trinajstić information content (AvgIpc) is 2.71. The summed E-state index contributed by atoms with van der Waals surface area (Å²) in [5.41, 5.74) is 0.575. The molecular formula is C22H20ClF3N4O2. The SMILES string of the molecule is CC(C)CC(=O)NCc1ccc(Cl)c(-c2nc(O)nc(-c3ccc(C(F)(F)F)cc3)n2)c1. The number of aromatic nitrogens is 3. The third-order valence-electron chi connectivity index (χ3n) is 4.45. The van der Waals surface area contributed by atoms with Crippen LogP contribution < -0.4 is 5.32 Å². The maximum absolute atomic E-state index is 12.8. The van der Waals surface area contributed by atoms with E-state index in [1.54, 1.807) is 18.2 Å². The van der Waals surface area contributed by atoms with Gasteiger partial charge in [0.05, 0.1) is 10.6 Å². The Morgan fingerprint density at radius 2 is 1.72 bits per heavy atom. The summed E-state index contributed by atoms with van der Waals surface area (Å²) in [7, 11) is 0. The predicted molar refractivity (Wildman–Crippen MR) is 114 cm³/mol. The van der Waals surface area contributed by atoms with E-state index in [0.29, 0.717) is 17.0 Å².